The van der Waals surface area contributed by atoms with Crippen LogP contribution >= 0.6 is 0 Å². The second-order valence-electron chi connectivity index (χ2n) is 8.18. The molecule has 3 rings (SSSR count). The molecule has 0 aliphatic carbocycles. The zero-order valence-electron chi connectivity index (χ0n) is 18.9. The standard InChI is InChI=1S/C26H35N5/c1-23(2)31(20-14-26-11-5-8-17-29-26)22-21-30(18-12-24-9-3-6-15-27-24)19-13-25-10-4-7-16-28-25/h3-11,15-17,23H,12-14,18-22H2,1-2H3. The van der Waals surface area contributed by atoms with Crippen LogP contribution in [0.25, 0.3) is 0 Å². The normalized spacial score (nSPS) is 11.5. The molecule has 0 aliphatic rings. The van der Waals surface area contributed by atoms with Gasteiger partial charge in [-0.3, -0.25) is 19.9 Å². The molecule has 0 saturated carbocycles. The third-order valence-corrected chi connectivity index (χ3v) is 5.64. The van der Waals surface area contributed by atoms with Crippen LogP contribution < -0.4 is 0 Å². The SMILES string of the molecule is CC(C)N(CCc1ccccn1)CCN(CCc1ccccn1)CCc1ccccn1. The first-order valence-electron chi connectivity index (χ1n) is 11.4. The van der Waals surface area contributed by atoms with Crippen molar-refractivity contribution in [2.45, 2.75) is 39.2 Å². The lowest BCUT2D eigenvalue weighted by Crippen LogP contribution is -2.41. The fourth-order valence-electron chi connectivity index (χ4n) is 3.67. The van der Waals surface area contributed by atoms with Gasteiger partial charge in [0.2, 0.25) is 0 Å². The molecule has 164 valence electrons. The van der Waals surface area contributed by atoms with E-state index in [4.69, 9.17) is 0 Å². The maximum absolute atomic E-state index is 4.50. The number of pyridine rings is 3. The van der Waals surface area contributed by atoms with Gasteiger partial charge in [-0.05, 0) is 50.2 Å². The van der Waals surface area contributed by atoms with E-state index in [0.29, 0.717) is 6.04 Å². The van der Waals surface area contributed by atoms with Crippen LogP contribution in [0.4, 0.5) is 0 Å². The van der Waals surface area contributed by atoms with Crippen LogP contribution in [0, 0.1) is 0 Å². The molecule has 0 spiro atoms. The molecule has 3 aromatic rings. The van der Waals surface area contributed by atoms with Crippen molar-refractivity contribution < 1.29 is 0 Å². The fourth-order valence-corrected chi connectivity index (χ4v) is 3.67. The summed E-state index contributed by atoms with van der Waals surface area (Å²) in [6.45, 7) is 9.71. The maximum Gasteiger partial charge on any atom is 0.0416 e. The Morgan fingerprint density at radius 2 is 1.03 bits per heavy atom. The van der Waals surface area contributed by atoms with Crippen molar-refractivity contribution in [2.24, 2.45) is 0 Å². The molecular weight excluding hydrogens is 382 g/mol. The monoisotopic (exact) mass is 417 g/mol. The molecule has 0 aromatic carbocycles. The van der Waals surface area contributed by atoms with Gasteiger partial charge in [-0.1, -0.05) is 18.2 Å². The van der Waals surface area contributed by atoms with Gasteiger partial charge in [0.1, 0.15) is 0 Å². The third kappa shape index (κ3) is 8.56. The Kier molecular flexibility index (Phi) is 9.61. The van der Waals surface area contributed by atoms with Gasteiger partial charge >= 0.3 is 0 Å². The highest BCUT2D eigenvalue weighted by molar-refractivity contribution is 5.06. The van der Waals surface area contributed by atoms with Gasteiger partial charge in [0.25, 0.3) is 0 Å². The van der Waals surface area contributed by atoms with Gasteiger partial charge in [0.15, 0.2) is 0 Å². The summed E-state index contributed by atoms with van der Waals surface area (Å²) in [4.78, 5) is 18.6. The molecule has 31 heavy (non-hydrogen) atoms. The van der Waals surface area contributed by atoms with E-state index in [-0.39, 0.29) is 0 Å². The van der Waals surface area contributed by atoms with Gasteiger partial charge in [-0.25, -0.2) is 0 Å². The average molecular weight is 418 g/mol. The quantitative estimate of drug-likeness (QED) is 0.422. The highest BCUT2D eigenvalue weighted by Crippen LogP contribution is 2.06. The van der Waals surface area contributed by atoms with Crippen molar-refractivity contribution >= 4 is 0 Å². The Labute approximate surface area is 187 Å². The molecule has 0 amide bonds. The van der Waals surface area contributed by atoms with Gasteiger partial charge in [-0.2, -0.15) is 0 Å². The zero-order chi connectivity index (χ0) is 21.7. The summed E-state index contributed by atoms with van der Waals surface area (Å²) in [6, 6.07) is 19.0. The maximum atomic E-state index is 4.50. The third-order valence-electron chi connectivity index (χ3n) is 5.64. The van der Waals surface area contributed by atoms with Crippen LogP contribution in [0.5, 0.6) is 0 Å². The highest BCUT2D eigenvalue weighted by atomic mass is 15.2. The summed E-state index contributed by atoms with van der Waals surface area (Å²) in [6.07, 6.45) is 8.57. The Morgan fingerprint density at radius 1 is 0.581 bits per heavy atom. The van der Waals surface area contributed by atoms with E-state index in [9.17, 15) is 0 Å². The predicted octanol–water partition coefficient (Wildman–Crippen LogP) is 3.91. The molecule has 3 heterocycles. The van der Waals surface area contributed by atoms with Crippen LogP contribution in [0.3, 0.4) is 0 Å². The molecule has 0 aliphatic heterocycles. The number of hydrogen-bond donors (Lipinski definition) is 0. The Bertz CT molecular complexity index is 796. The Balaban J connectivity index is 1.55. The molecule has 0 N–H and O–H groups in total. The lowest BCUT2D eigenvalue weighted by atomic mass is 10.2. The van der Waals surface area contributed by atoms with Crippen LogP contribution in [-0.2, 0) is 19.3 Å². The minimum absolute atomic E-state index is 0.511. The molecule has 0 unspecified atom stereocenters. The molecule has 0 atom stereocenters. The smallest absolute Gasteiger partial charge is 0.0416 e. The van der Waals surface area contributed by atoms with Crippen molar-refractivity contribution in [1.82, 2.24) is 24.8 Å². The topological polar surface area (TPSA) is 45.2 Å². The van der Waals surface area contributed by atoms with Gasteiger partial charge in [0.05, 0.1) is 0 Å². The lowest BCUT2D eigenvalue weighted by molar-refractivity contribution is 0.177. The molecule has 5 heteroatoms. The van der Waals surface area contributed by atoms with E-state index in [2.05, 4.69) is 75.0 Å². The fraction of sp³-hybridized carbons (Fsp3) is 0.423. The Morgan fingerprint density at radius 3 is 1.42 bits per heavy atom. The zero-order valence-corrected chi connectivity index (χ0v) is 18.9. The van der Waals surface area contributed by atoms with Gasteiger partial charge in [-0.15, -0.1) is 0 Å². The second-order valence-corrected chi connectivity index (χ2v) is 8.18. The van der Waals surface area contributed by atoms with Gasteiger partial charge in [0, 0.05) is 93.7 Å². The highest BCUT2D eigenvalue weighted by Gasteiger charge is 2.13. The van der Waals surface area contributed by atoms with Crippen LogP contribution in [0.2, 0.25) is 0 Å². The second kappa shape index (κ2) is 12.9. The first-order valence-corrected chi connectivity index (χ1v) is 11.4. The summed E-state index contributed by atoms with van der Waals surface area (Å²) in [5.41, 5.74) is 3.47. The van der Waals surface area contributed by atoms with Crippen LogP contribution in [0.1, 0.15) is 30.9 Å². The molecule has 0 fully saturated rings. The van der Waals surface area contributed by atoms with E-state index >= 15 is 0 Å². The van der Waals surface area contributed by atoms with E-state index in [0.717, 1.165) is 69.1 Å². The number of rotatable bonds is 13. The summed E-state index contributed by atoms with van der Waals surface area (Å²) < 4.78 is 0. The molecule has 0 bridgehead atoms. The summed E-state index contributed by atoms with van der Waals surface area (Å²) >= 11 is 0. The summed E-state index contributed by atoms with van der Waals surface area (Å²) in [5.74, 6) is 0. The van der Waals surface area contributed by atoms with Crippen molar-refractivity contribution in [3.8, 4) is 0 Å². The number of nitrogens with zero attached hydrogens (tertiary/aromatic N) is 5. The van der Waals surface area contributed by atoms with E-state index < -0.39 is 0 Å². The lowest BCUT2D eigenvalue weighted by Gasteiger charge is -2.30. The van der Waals surface area contributed by atoms with Crippen molar-refractivity contribution in [2.75, 3.05) is 32.7 Å². The van der Waals surface area contributed by atoms with Crippen molar-refractivity contribution in [3.05, 3.63) is 90.3 Å². The Hall–Kier alpha value is -2.63. The van der Waals surface area contributed by atoms with E-state index in [1.807, 2.05) is 36.8 Å². The van der Waals surface area contributed by atoms with Crippen molar-refractivity contribution in [3.63, 3.8) is 0 Å². The minimum Gasteiger partial charge on any atom is -0.301 e. The van der Waals surface area contributed by atoms with Crippen LogP contribution in [0.15, 0.2) is 73.2 Å². The van der Waals surface area contributed by atoms with E-state index in [1.165, 1.54) is 0 Å². The van der Waals surface area contributed by atoms with Crippen molar-refractivity contribution in [1.29, 1.82) is 0 Å². The first-order chi connectivity index (χ1) is 15.2. The molecule has 0 radical (unpaired) electrons. The summed E-state index contributed by atoms with van der Waals surface area (Å²) in [5, 5.41) is 0. The van der Waals surface area contributed by atoms with Gasteiger partial charge < -0.3 is 4.90 Å². The van der Waals surface area contributed by atoms with Crippen LogP contribution in [-0.4, -0.2) is 63.5 Å². The summed E-state index contributed by atoms with van der Waals surface area (Å²) in [7, 11) is 0. The molecule has 3 aromatic heterocycles. The first kappa shape index (κ1) is 23.0. The van der Waals surface area contributed by atoms with E-state index in [1.54, 1.807) is 0 Å². The minimum atomic E-state index is 0.511. The molecular formula is C26H35N5. The largest absolute Gasteiger partial charge is 0.301 e. The molecule has 0 saturated heterocycles. The number of hydrogen-bond acceptors (Lipinski definition) is 5. The average Bonchev–Trinajstić information content (AvgIpc) is 2.82. The molecule has 5 nitrogen and oxygen atoms in total. The predicted molar refractivity (Wildman–Crippen MR) is 127 cm³/mol. The number of aromatic nitrogens is 3.